The van der Waals surface area contributed by atoms with Crippen LogP contribution >= 0.6 is 22.9 Å². The van der Waals surface area contributed by atoms with E-state index in [9.17, 15) is 4.79 Å². The van der Waals surface area contributed by atoms with E-state index in [1.54, 1.807) is 24.3 Å². The number of hydrogen-bond donors (Lipinski definition) is 2. The van der Waals surface area contributed by atoms with Crippen LogP contribution in [0.2, 0.25) is 4.34 Å². The molecule has 1 heterocycles. The van der Waals surface area contributed by atoms with Crippen LogP contribution in [0.4, 0.5) is 11.4 Å². The predicted octanol–water partition coefficient (Wildman–Crippen LogP) is 3.11. The van der Waals surface area contributed by atoms with Crippen LogP contribution in [-0.4, -0.2) is 5.78 Å². The van der Waals surface area contributed by atoms with Crippen molar-refractivity contribution in [3.05, 3.63) is 44.6 Å². The van der Waals surface area contributed by atoms with E-state index in [4.69, 9.17) is 23.1 Å². The van der Waals surface area contributed by atoms with E-state index >= 15 is 0 Å². The van der Waals surface area contributed by atoms with Crippen molar-refractivity contribution in [1.29, 1.82) is 0 Å². The number of rotatable bonds is 2. The Morgan fingerprint density at radius 2 is 1.76 bits per heavy atom. The highest BCUT2D eigenvalue weighted by Crippen LogP contribution is 2.29. The summed E-state index contributed by atoms with van der Waals surface area (Å²) in [4.78, 5) is 12.8. The van der Waals surface area contributed by atoms with Crippen LogP contribution in [0.5, 0.6) is 0 Å². The van der Waals surface area contributed by atoms with Gasteiger partial charge in [0.15, 0.2) is 0 Å². The summed E-state index contributed by atoms with van der Waals surface area (Å²) in [5, 5.41) is 0. The smallest absolute Gasteiger partial charge is 0.203 e. The second-order valence-electron chi connectivity index (χ2n) is 3.78. The summed E-state index contributed by atoms with van der Waals surface area (Å²) >= 11 is 7.20. The fraction of sp³-hybridized carbons (Fsp3) is 0.0833. The summed E-state index contributed by atoms with van der Waals surface area (Å²) in [5.41, 5.74) is 13.7. The van der Waals surface area contributed by atoms with E-state index in [1.807, 2.05) is 6.92 Å². The van der Waals surface area contributed by atoms with Gasteiger partial charge < -0.3 is 11.5 Å². The lowest BCUT2D eigenvalue weighted by atomic mass is 10.1. The summed E-state index contributed by atoms with van der Waals surface area (Å²) < 4.78 is 0.630. The van der Waals surface area contributed by atoms with Crippen molar-refractivity contribution in [3.8, 4) is 0 Å². The number of anilines is 2. The van der Waals surface area contributed by atoms with E-state index in [2.05, 4.69) is 0 Å². The monoisotopic (exact) mass is 266 g/mol. The van der Waals surface area contributed by atoms with E-state index in [0.29, 0.717) is 26.2 Å². The third-order valence-corrected chi connectivity index (χ3v) is 3.87. The zero-order valence-corrected chi connectivity index (χ0v) is 10.7. The molecule has 0 aliphatic heterocycles. The largest absolute Gasteiger partial charge is 0.399 e. The van der Waals surface area contributed by atoms with Crippen molar-refractivity contribution in [1.82, 2.24) is 0 Å². The van der Waals surface area contributed by atoms with Gasteiger partial charge in [-0.05, 0) is 36.8 Å². The van der Waals surface area contributed by atoms with Crippen LogP contribution in [0.25, 0.3) is 0 Å². The highest BCUT2D eigenvalue weighted by molar-refractivity contribution is 7.18. The standard InChI is InChI=1S/C12H11ClN2OS/c1-6-2-10(17-12(6)13)11(16)7-3-8(14)5-9(15)4-7/h2-5H,14-15H2,1H3. The molecule has 2 aromatic rings. The molecule has 0 amide bonds. The molecule has 0 bridgehead atoms. The number of benzene rings is 1. The number of ketones is 1. The normalized spacial score (nSPS) is 10.5. The van der Waals surface area contributed by atoms with Gasteiger partial charge in [0, 0.05) is 16.9 Å². The van der Waals surface area contributed by atoms with Gasteiger partial charge >= 0.3 is 0 Å². The maximum atomic E-state index is 12.2. The second kappa shape index (κ2) is 4.39. The summed E-state index contributed by atoms with van der Waals surface area (Å²) in [7, 11) is 0. The number of carbonyl (C=O) groups excluding carboxylic acids is 1. The van der Waals surface area contributed by atoms with Gasteiger partial charge in [-0.25, -0.2) is 0 Å². The molecule has 1 aromatic heterocycles. The Bertz CT molecular complexity index is 552. The van der Waals surface area contributed by atoms with Gasteiger partial charge in [-0.2, -0.15) is 0 Å². The third kappa shape index (κ3) is 2.43. The maximum Gasteiger partial charge on any atom is 0.203 e. The summed E-state index contributed by atoms with van der Waals surface area (Å²) in [6.45, 7) is 1.86. The van der Waals surface area contributed by atoms with Gasteiger partial charge in [-0.1, -0.05) is 11.6 Å². The first-order valence-electron chi connectivity index (χ1n) is 4.94. The number of aryl methyl sites for hydroxylation is 1. The van der Waals surface area contributed by atoms with Crippen molar-refractivity contribution in [2.75, 3.05) is 11.5 Å². The first-order chi connectivity index (χ1) is 7.97. The molecule has 0 saturated heterocycles. The summed E-state index contributed by atoms with van der Waals surface area (Å²) in [5.74, 6) is -0.107. The molecule has 1 aromatic carbocycles. The lowest BCUT2D eigenvalue weighted by molar-refractivity contribution is 0.104. The maximum absolute atomic E-state index is 12.2. The number of thiophene rings is 1. The molecule has 5 heteroatoms. The SMILES string of the molecule is Cc1cc(C(=O)c2cc(N)cc(N)c2)sc1Cl. The fourth-order valence-corrected chi connectivity index (χ4v) is 2.68. The molecule has 17 heavy (non-hydrogen) atoms. The molecule has 0 aliphatic rings. The molecular formula is C12H11ClN2OS. The van der Waals surface area contributed by atoms with Crippen molar-refractivity contribution < 1.29 is 4.79 Å². The number of nitrogen functional groups attached to an aromatic ring is 2. The van der Waals surface area contributed by atoms with Crippen molar-refractivity contribution >= 4 is 40.1 Å². The highest BCUT2D eigenvalue weighted by atomic mass is 35.5. The quantitative estimate of drug-likeness (QED) is 0.648. The van der Waals surface area contributed by atoms with Crippen LogP contribution in [-0.2, 0) is 0 Å². The zero-order valence-electron chi connectivity index (χ0n) is 9.16. The molecule has 2 rings (SSSR count). The highest BCUT2D eigenvalue weighted by Gasteiger charge is 2.14. The molecule has 88 valence electrons. The minimum absolute atomic E-state index is 0.107. The molecule has 0 radical (unpaired) electrons. The molecule has 0 unspecified atom stereocenters. The first kappa shape index (κ1) is 12.0. The van der Waals surface area contributed by atoms with Crippen molar-refractivity contribution in [2.45, 2.75) is 6.92 Å². The van der Waals surface area contributed by atoms with E-state index < -0.39 is 0 Å². The fourth-order valence-electron chi connectivity index (χ4n) is 1.52. The van der Waals surface area contributed by atoms with E-state index in [-0.39, 0.29) is 5.78 Å². The lowest BCUT2D eigenvalue weighted by Gasteiger charge is -2.02. The predicted molar refractivity (Wildman–Crippen MR) is 72.8 cm³/mol. The lowest BCUT2D eigenvalue weighted by Crippen LogP contribution is -2.01. The Hall–Kier alpha value is -1.52. The Morgan fingerprint density at radius 1 is 1.18 bits per heavy atom. The van der Waals surface area contributed by atoms with Gasteiger partial charge in [0.25, 0.3) is 0 Å². The van der Waals surface area contributed by atoms with Crippen LogP contribution in [0.15, 0.2) is 24.3 Å². The molecule has 0 fully saturated rings. The van der Waals surface area contributed by atoms with E-state index in [0.717, 1.165) is 5.56 Å². The van der Waals surface area contributed by atoms with Gasteiger partial charge in [0.1, 0.15) is 0 Å². The molecule has 4 N–H and O–H groups in total. The van der Waals surface area contributed by atoms with Crippen molar-refractivity contribution in [2.24, 2.45) is 0 Å². The molecular weight excluding hydrogens is 256 g/mol. The topological polar surface area (TPSA) is 69.1 Å². The Morgan fingerprint density at radius 3 is 2.24 bits per heavy atom. The number of hydrogen-bond acceptors (Lipinski definition) is 4. The molecule has 3 nitrogen and oxygen atoms in total. The van der Waals surface area contributed by atoms with Gasteiger partial charge in [0.2, 0.25) is 5.78 Å². The minimum atomic E-state index is -0.107. The Labute approximate surface area is 108 Å². The molecule has 0 aliphatic carbocycles. The van der Waals surface area contributed by atoms with Crippen LogP contribution in [0, 0.1) is 6.92 Å². The average molecular weight is 267 g/mol. The van der Waals surface area contributed by atoms with Gasteiger partial charge in [-0.3, -0.25) is 4.79 Å². The summed E-state index contributed by atoms with van der Waals surface area (Å²) in [6, 6.07) is 6.61. The molecule has 0 saturated carbocycles. The Balaban J connectivity index is 2.43. The van der Waals surface area contributed by atoms with Gasteiger partial charge in [-0.15, -0.1) is 11.3 Å². The molecule has 0 atom stereocenters. The first-order valence-corrected chi connectivity index (χ1v) is 6.13. The van der Waals surface area contributed by atoms with Crippen LogP contribution in [0.3, 0.4) is 0 Å². The summed E-state index contributed by atoms with van der Waals surface area (Å²) in [6.07, 6.45) is 0. The number of nitrogens with two attached hydrogens (primary N) is 2. The second-order valence-corrected chi connectivity index (χ2v) is 5.44. The van der Waals surface area contributed by atoms with E-state index in [1.165, 1.54) is 11.3 Å². The number of halogens is 1. The minimum Gasteiger partial charge on any atom is -0.399 e. The number of carbonyl (C=O) groups is 1. The van der Waals surface area contributed by atoms with Crippen LogP contribution in [0.1, 0.15) is 20.8 Å². The van der Waals surface area contributed by atoms with Crippen LogP contribution < -0.4 is 11.5 Å². The van der Waals surface area contributed by atoms with Crippen molar-refractivity contribution in [3.63, 3.8) is 0 Å². The van der Waals surface area contributed by atoms with Gasteiger partial charge in [0.05, 0.1) is 9.21 Å². The average Bonchev–Trinajstić information content (AvgIpc) is 2.57. The third-order valence-electron chi connectivity index (χ3n) is 2.32. The Kier molecular flexibility index (Phi) is 3.09. The molecule has 0 spiro atoms. The zero-order chi connectivity index (χ0) is 12.6.